The average Bonchev–Trinajstić information content (AvgIpc) is 2.93. The summed E-state index contributed by atoms with van der Waals surface area (Å²) < 4.78 is 40.5. The summed E-state index contributed by atoms with van der Waals surface area (Å²) in [5.41, 5.74) is 0. The van der Waals surface area contributed by atoms with Crippen LogP contribution in [0, 0.1) is 0 Å². The number of fused-ring (bicyclic) bond motifs is 3. The van der Waals surface area contributed by atoms with E-state index in [1.807, 2.05) is 27.7 Å². The summed E-state index contributed by atoms with van der Waals surface area (Å²) in [6, 6.07) is 0. The molecule has 23 heavy (non-hydrogen) atoms. The summed E-state index contributed by atoms with van der Waals surface area (Å²) in [6.45, 7) is 12.3. The van der Waals surface area contributed by atoms with Gasteiger partial charge in [-0.25, -0.2) is 0 Å². The fourth-order valence-corrected chi connectivity index (χ4v) is 3.22. The van der Waals surface area contributed by atoms with Crippen molar-refractivity contribution >= 4 is 0 Å². The van der Waals surface area contributed by atoms with Gasteiger partial charge >= 0.3 is 0 Å². The molecule has 0 aromatic heterocycles. The first-order valence-electron chi connectivity index (χ1n) is 7.98. The highest BCUT2D eigenvalue weighted by Gasteiger charge is 2.60. The van der Waals surface area contributed by atoms with Crippen LogP contribution in [0.5, 0.6) is 0 Å². The van der Waals surface area contributed by atoms with Gasteiger partial charge in [0.15, 0.2) is 17.9 Å². The standard InChI is InChI=1S/C16H26O7/c1-6-17-7-8-18-9-10-11-12(21-15(2,3)20-11)13-14(19-10)23-16(4,5)22-13/h6,10-14H,1,7-9H2,2-5H3/t10-,11+,12+,13-,14?/m1/s1. The summed E-state index contributed by atoms with van der Waals surface area (Å²) in [4.78, 5) is 0. The molecule has 0 N–H and O–H groups in total. The van der Waals surface area contributed by atoms with Crippen LogP contribution in [0.1, 0.15) is 27.7 Å². The SMILES string of the molecule is C=COCCOC[C@H]1OC2OC(C)(C)O[C@@H]2[C@H]2OC(C)(C)O[C@H]21. The van der Waals surface area contributed by atoms with E-state index in [0.717, 1.165) is 0 Å². The van der Waals surface area contributed by atoms with Gasteiger partial charge in [-0.1, -0.05) is 6.58 Å². The third-order valence-electron chi connectivity index (χ3n) is 4.00. The van der Waals surface area contributed by atoms with Gasteiger partial charge in [-0.15, -0.1) is 0 Å². The van der Waals surface area contributed by atoms with Crippen molar-refractivity contribution in [1.82, 2.24) is 0 Å². The molecule has 0 aliphatic carbocycles. The van der Waals surface area contributed by atoms with E-state index in [2.05, 4.69) is 6.58 Å². The third kappa shape index (κ3) is 3.70. The zero-order valence-electron chi connectivity index (χ0n) is 14.2. The van der Waals surface area contributed by atoms with Gasteiger partial charge in [-0.05, 0) is 27.7 Å². The quantitative estimate of drug-likeness (QED) is 0.541. The zero-order valence-corrected chi connectivity index (χ0v) is 14.2. The fraction of sp³-hybridized carbons (Fsp3) is 0.875. The normalized spacial score (nSPS) is 40.4. The molecule has 3 saturated heterocycles. The second kappa shape index (κ2) is 6.31. The Labute approximate surface area is 136 Å². The van der Waals surface area contributed by atoms with Crippen molar-refractivity contribution < 1.29 is 33.2 Å². The molecule has 1 unspecified atom stereocenters. The summed E-state index contributed by atoms with van der Waals surface area (Å²) in [5, 5.41) is 0. The Morgan fingerprint density at radius 2 is 1.57 bits per heavy atom. The molecule has 5 atom stereocenters. The monoisotopic (exact) mass is 330 g/mol. The molecule has 3 aliphatic heterocycles. The van der Waals surface area contributed by atoms with E-state index >= 15 is 0 Å². The van der Waals surface area contributed by atoms with Crippen molar-refractivity contribution in [2.24, 2.45) is 0 Å². The van der Waals surface area contributed by atoms with Gasteiger partial charge in [0.05, 0.1) is 19.5 Å². The highest BCUT2D eigenvalue weighted by molar-refractivity contribution is 5.00. The Hall–Kier alpha value is -0.700. The van der Waals surface area contributed by atoms with Crippen LogP contribution in [-0.4, -0.2) is 62.1 Å². The van der Waals surface area contributed by atoms with Crippen LogP contribution in [0.25, 0.3) is 0 Å². The maximum absolute atomic E-state index is 6.03. The molecule has 3 fully saturated rings. The second-order valence-electron chi connectivity index (χ2n) is 6.82. The molecule has 0 aromatic rings. The fourth-order valence-electron chi connectivity index (χ4n) is 3.22. The average molecular weight is 330 g/mol. The minimum Gasteiger partial charge on any atom is -0.499 e. The Bertz CT molecular complexity index is 436. The van der Waals surface area contributed by atoms with Crippen LogP contribution in [-0.2, 0) is 33.2 Å². The molecule has 0 spiro atoms. The molecular weight excluding hydrogens is 304 g/mol. The van der Waals surface area contributed by atoms with Gasteiger partial charge in [-0.2, -0.15) is 0 Å². The van der Waals surface area contributed by atoms with Crippen molar-refractivity contribution in [3.05, 3.63) is 12.8 Å². The van der Waals surface area contributed by atoms with Crippen LogP contribution < -0.4 is 0 Å². The van der Waals surface area contributed by atoms with Gasteiger partial charge in [0.2, 0.25) is 0 Å². The molecular formula is C16H26O7. The van der Waals surface area contributed by atoms with Gasteiger partial charge in [-0.3, -0.25) is 0 Å². The van der Waals surface area contributed by atoms with Crippen molar-refractivity contribution in [2.45, 2.75) is 70.0 Å². The van der Waals surface area contributed by atoms with Crippen molar-refractivity contribution in [3.8, 4) is 0 Å². The molecule has 7 nitrogen and oxygen atoms in total. The van der Waals surface area contributed by atoms with Gasteiger partial charge in [0.25, 0.3) is 0 Å². The maximum atomic E-state index is 6.03. The van der Waals surface area contributed by atoms with E-state index < -0.39 is 17.9 Å². The molecule has 0 amide bonds. The number of rotatable bonds is 6. The van der Waals surface area contributed by atoms with E-state index in [0.29, 0.717) is 19.8 Å². The Balaban J connectivity index is 1.65. The van der Waals surface area contributed by atoms with E-state index in [1.165, 1.54) is 6.26 Å². The molecule has 132 valence electrons. The van der Waals surface area contributed by atoms with E-state index in [1.54, 1.807) is 0 Å². The maximum Gasteiger partial charge on any atom is 0.190 e. The highest BCUT2D eigenvalue weighted by atomic mass is 16.9. The topological polar surface area (TPSA) is 64.6 Å². The molecule has 0 radical (unpaired) electrons. The van der Waals surface area contributed by atoms with Crippen molar-refractivity contribution in [1.29, 1.82) is 0 Å². The van der Waals surface area contributed by atoms with Crippen LogP contribution >= 0.6 is 0 Å². The summed E-state index contributed by atoms with van der Waals surface area (Å²) >= 11 is 0. The predicted octanol–water partition coefficient (Wildman–Crippen LogP) is 1.56. The molecule has 0 aromatic carbocycles. The first-order chi connectivity index (χ1) is 10.8. The summed E-state index contributed by atoms with van der Waals surface area (Å²) in [6.07, 6.45) is -0.195. The van der Waals surface area contributed by atoms with E-state index in [4.69, 9.17) is 33.2 Å². The number of hydrogen-bond donors (Lipinski definition) is 0. The summed E-state index contributed by atoms with van der Waals surface area (Å²) in [5.74, 6) is -1.39. The molecule has 3 aliphatic rings. The predicted molar refractivity (Wildman–Crippen MR) is 79.5 cm³/mol. The number of ether oxygens (including phenoxy) is 7. The number of hydrogen-bond acceptors (Lipinski definition) is 7. The molecule has 7 heteroatoms. The lowest BCUT2D eigenvalue weighted by atomic mass is 9.99. The van der Waals surface area contributed by atoms with Gasteiger partial charge in [0.1, 0.15) is 31.0 Å². The molecule has 3 heterocycles. The van der Waals surface area contributed by atoms with Crippen molar-refractivity contribution in [2.75, 3.05) is 19.8 Å². The van der Waals surface area contributed by atoms with E-state index in [-0.39, 0.29) is 24.4 Å². The summed E-state index contributed by atoms with van der Waals surface area (Å²) in [7, 11) is 0. The smallest absolute Gasteiger partial charge is 0.190 e. The molecule has 0 bridgehead atoms. The van der Waals surface area contributed by atoms with Crippen LogP contribution in [0.2, 0.25) is 0 Å². The largest absolute Gasteiger partial charge is 0.499 e. The van der Waals surface area contributed by atoms with Crippen LogP contribution in [0.15, 0.2) is 12.8 Å². The highest BCUT2D eigenvalue weighted by Crippen LogP contribution is 2.44. The Morgan fingerprint density at radius 3 is 2.30 bits per heavy atom. The lowest BCUT2D eigenvalue weighted by Gasteiger charge is -2.37. The van der Waals surface area contributed by atoms with Gasteiger partial charge in [0, 0.05) is 0 Å². The Morgan fingerprint density at radius 1 is 0.913 bits per heavy atom. The zero-order chi connectivity index (χ0) is 16.7. The molecule has 3 rings (SSSR count). The van der Waals surface area contributed by atoms with Crippen LogP contribution in [0.3, 0.4) is 0 Å². The lowest BCUT2D eigenvalue weighted by Crippen LogP contribution is -2.56. The van der Waals surface area contributed by atoms with Gasteiger partial charge < -0.3 is 33.2 Å². The molecule has 0 saturated carbocycles. The third-order valence-corrected chi connectivity index (χ3v) is 4.00. The minimum absolute atomic E-state index is 0.247. The minimum atomic E-state index is -0.705. The first kappa shape index (κ1) is 17.1. The van der Waals surface area contributed by atoms with E-state index in [9.17, 15) is 0 Å². The first-order valence-corrected chi connectivity index (χ1v) is 7.98. The second-order valence-corrected chi connectivity index (χ2v) is 6.82. The van der Waals surface area contributed by atoms with Crippen LogP contribution in [0.4, 0.5) is 0 Å². The lowest BCUT2D eigenvalue weighted by molar-refractivity contribution is -0.243. The van der Waals surface area contributed by atoms with Crippen molar-refractivity contribution in [3.63, 3.8) is 0 Å². The Kier molecular flexibility index (Phi) is 4.70.